The molecule has 1 aromatic carbocycles. The van der Waals surface area contributed by atoms with E-state index in [0.717, 1.165) is 51.4 Å². The molecule has 1 amide bonds. The van der Waals surface area contributed by atoms with Crippen molar-refractivity contribution in [2.45, 2.75) is 20.4 Å². The second kappa shape index (κ2) is 8.25. The highest BCUT2D eigenvalue weighted by molar-refractivity contribution is 5.78. The van der Waals surface area contributed by atoms with Crippen molar-refractivity contribution in [1.82, 2.24) is 14.7 Å². The Morgan fingerprint density at radius 1 is 1.14 bits per heavy atom. The van der Waals surface area contributed by atoms with Crippen molar-refractivity contribution in [3.05, 3.63) is 35.6 Å². The summed E-state index contributed by atoms with van der Waals surface area (Å²) in [5.74, 6) is 0.0320. The van der Waals surface area contributed by atoms with Crippen molar-refractivity contribution in [3.8, 4) is 0 Å². The second-order valence-electron chi connectivity index (χ2n) is 5.75. The highest BCUT2D eigenvalue weighted by atomic mass is 19.1. The van der Waals surface area contributed by atoms with Crippen LogP contribution in [0.25, 0.3) is 0 Å². The maximum absolute atomic E-state index is 13.2. The summed E-state index contributed by atoms with van der Waals surface area (Å²) < 4.78 is 13.2. The first-order chi connectivity index (χ1) is 10.6. The van der Waals surface area contributed by atoms with Gasteiger partial charge in [0.05, 0.1) is 6.54 Å². The topological polar surface area (TPSA) is 26.8 Å². The van der Waals surface area contributed by atoms with Crippen molar-refractivity contribution in [2.75, 3.05) is 45.8 Å². The molecule has 1 aromatic rings. The molecule has 5 heteroatoms. The van der Waals surface area contributed by atoms with E-state index in [-0.39, 0.29) is 11.7 Å². The molecular weight excluding hydrogens is 281 g/mol. The number of hydrogen-bond donors (Lipinski definition) is 0. The molecule has 122 valence electrons. The van der Waals surface area contributed by atoms with Crippen LogP contribution in [0.5, 0.6) is 0 Å². The van der Waals surface area contributed by atoms with Crippen molar-refractivity contribution in [3.63, 3.8) is 0 Å². The minimum absolute atomic E-state index is 0.180. The molecule has 0 radical (unpaired) electrons. The fourth-order valence-corrected chi connectivity index (χ4v) is 2.87. The van der Waals surface area contributed by atoms with Crippen molar-refractivity contribution in [1.29, 1.82) is 0 Å². The van der Waals surface area contributed by atoms with E-state index in [1.54, 1.807) is 12.1 Å². The molecule has 0 atom stereocenters. The molecule has 0 aliphatic carbocycles. The normalized spacial score (nSPS) is 16.7. The molecule has 22 heavy (non-hydrogen) atoms. The summed E-state index contributed by atoms with van der Waals surface area (Å²) in [5.41, 5.74) is 1.01. The third-order valence-electron chi connectivity index (χ3n) is 4.24. The average molecular weight is 307 g/mol. The van der Waals surface area contributed by atoms with Gasteiger partial charge in [-0.15, -0.1) is 0 Å². The first kappa shape index (κ1) is 16.9. The van der Waals surface area contributed by atoms with Crippen molar-refractivity contribution >= 4 is 5.91 Å². The summed E-state index contributed by atoms with van der Waals surface area (Å²) >= 11 is 0. The van der Waals surface area contributed by atoms with E-state index in [9.17, 15) is 9.18 Å². The fraction of sp³-hybridized carbons (Fsp3) is 0.588. The monoisotopic (exact) mass is 307 g/mol. The number of hydrogen-bond acceptors (Lipinski definition) is 3. The van der Waals surface area contributed by atoms with Gasteiger partial charge in [0.1, 0.15) is 5.82 Å². The first-order valence-corrected chi connectivity index (χ1v) is 8.09. The van der Waals surface area contributed by atoms with Crippen molar-refractivity contribution < 1.29 is 9.18 Å². The van der Waals surface area contributed by atoms with Crippen LogP contribution in [0, 0.1) is 5.82 Å². The van der Waals surface area contributed by atoms with Gasteiger partial charge in [-0.25, -0.2) is 4.39 Å². The summed E-state index contributed by atoms with van der Waals surface area (Å²) in [7, 11) is 0. The Balaban J connectivity index is 1.77. The summed E-state index contributed by atoms with van der Waals surface area (Å²) in [6.45, 7) is 10.5. The largest absolute Gasteiger partial charge is 0.342 e. The van der Waals surface area contributed by atoms with Gasteiger partial charge in [-0.05, 0) is 31.5 Å². The lowest BCUT2D eigenvalue weighted by Gasteiger charge is -2.35. The molecule has 4 nitrogen and oxygen atoms in total. The zero-order chi connectivity index (χ0) is 15.9. The van der Waals surface area contributed by atoms with Gasteiger partial charge in [-0.1, -0.05) is 12.1 Å². The number of carbonyl (C=O) groups excluding carboxylic acids is 1. The van der Waals surface area contributed by atoms with Crippen LogP contribution in [0.4, 0.5) is 4.39 Å². The van der Waals surface area contributed by atoms with E-state index in [4.69, 9.17) is 0 Å². The molecule has 0 unspecified atom stereocenters. The van der Waals surface area contributed by atoms with Crippen LogP contribution < -0.4 is 0 Å². The number of carbonyl (C=O) groups is 1. The minimum Gasteiger partial charge on any atom is -0.342 e. The number of amides is 1. The molecule has 1 saturated heterocycles. The molecule has 1 heterocycles. The Morgan fingerprint density at radius 3 is 2.36 bits per heavy atom. The van der Waals surface area contributed by atoms with E-state index in [1.807, 2.05) is 24.8 Å². The zero-order valence-corrected chi connectivity index (χ0v) is 13.6. The van der Waals surface area contributed by atoms with Crippen LogP contribution in [-0.4, -0.2) is 66.4 Å². The lowest BCUT2D eigenvalue weighted by atomic mass is 10.2. The minimum atomic E-state index is -0.180. The fourth-order valence-electron chi connectivity index (χ4n) is 2.87. The van der Waals surface area contributed by atoms with Gasteiger partial charge in [0.2, 0.25) is 5.91 Å². The molecule has 2 rings (SSSR count). The number of nitrogens with zero attached hydrogens (tertiary/aromatic N) is 3. The number of rotatable bonds is 6. The molecule has 0 saturated carbocycles. The summed E-state index contributed by atoms with van der Waals surface area (Å²) in [4.78, 5) is 18.5. The van der Waals surface area contributed by atoms with Crippen LogP contribution >= 0.6 is 0 Å². The number of piperazine rings is 1. The summed E-state index contributed by atoms with van der Waals surface area (Å²) in [5, 5.41) is 0. The summed E-state index contributed by atoms with van der Waals surface area (Å²) in [6, 6.07) is 6.78. The maximum Gasteiger partial charge on any atom is 0.236 e. The second-order valence-corrected chi connectivity index (χ2v) is 5.75. The quantitative estimate of drug-likeness (QED) is 0.802. The van der Waals surface area contributed by atoms with Gasteiger partial charge in [-0.3, -0.25) is 14.6 Å². The predicted octanol–water partition coefficient (Wildman–Crippen LogP) is 1.81. The maximum atomic E-state index is 13.2. The van der Waals surface area contributed by atoms with Gasteiger partial charge in [0.25, 0.3) is 0 Å². The van der Waals surface area contributed by atoms with Gasteiger partial charge < -0.3 is 4.90 Å². The van der Waals surface area contributed by atoms with Gasteiger partial charge >= 0.3 is 0 Å². The molecular formula is C17H26FN3O. The van der Waals surface area contributed by atoms with E-state index in [0.29, 0.717) is 6.54 Å². The van der Waals surface area contributed by atoms with E-state index < -0.39 is 0 Å². The number of likely N-dealkylation sites (N-methyl/N-ethyl adjacent to an activating group) is 1. The highest BCUT2D eigenvalue weighted by Gasteiger charge is 2.20. The summed E-state index contributed by atoms with van der Waals surface area (Å²) in [6.07, 6.45) is 0. The van der Waals surface area contributed by atoms with Crippen LogP contribution in [0.3, 0.4) is 0 Å². The van der Waals surface area contributed by atoms with Crippen LogP contribution in [0.2, 0.25) is 0 Å². The predicted molar refractivity (Wildman–Crippen MR) is 86.0 cm³/mol. The Bertz CT molecular complexity index is 483. The highest BCUT2D eigenvalue weighted by Crippen LogP contribution is 2.10. The first-order valence-electron chi connectivity index (χ1n) is 8.09. The zero-order valence-electron chi connectivity index (χ0n) is 13.6. The van der Waals surface area contributed by atoms with Crippen molar-refractivity contribution in [2.24, 2.45) is 0 Å². The standard InChI is InChI=1S/C17H26FN3O/c1-3-21(4-2)17(22)14-20-10-8-19(9-11-20)13-15-6-5-7-16(18)12-15/h5-7,12H,3-4,8-11,13-14H2,1-2H3. The molecule has 0 N–H and O–H groups in total. The van der Waals surface area contributed by atoms with Crippen LogP contribution in [0.1, 0.15) is 19.4 Å². The van der Waals surface area contributed by atoms with E-state index in [1.165, 1.54) is 6.07 Å². The van der Waals surface area contributed by atoms with E-state index >= 15 is 0 Å². The Kier molecular flexibility index (Phi) is 6.34. The molecule has 0 spiro atoms. The SMILES string of the molecule is CCN(CC)C(=O)CN1CCN(Cc2cccc(F)c2)CC1. The Labute approximate surface area is 132 Å². The van der Waals surface area contributed by atoms with Gasteiger partial charge in [0, 0.05) is 45.8 Å². The van der Waals surface area contributed by atoms with Gasteiger partial charge in [0.15, 0.2) is 0 Å². The average Bonchev–Trinajstić information content (AvgIpc) is 2.50. The van der Waals surface area contributed by atoms with Crippen LogP contribution in [0.15, 0.2) is 24.3 Å². The lowest BCUT2D eigenvalue weighted by molar-refractivity contribution is -0.132. The smallest absolute Gasteiger partial charge is 0.236 e. The molecule has 1 aliphatic rings. The molecule has 1 fully saturated rings. The lowest BCUT2D eigenvalue weighted by Crippen LogP contribution is -2.49. The molecule has 0 aromatic heterocycles. The Hall–Kier alpha value is -1.46. The van der Waals surface area contributed by atoms with Gasteiger partial charge in [-0.2, -0.15) is 0 Å². The number of benzene rings is 1. The third kappa shape index (κ3) is 4.78. The van der Waals surface area contributed by atoms with Crippen LogP contribution in [-0.2, 0) is 11.3 Å². The number of halogens is 1. The Morgan fingerprint density at radius 2 is 1.77 bits per heavy atom. The third-order valence-corrected chi connectivity index (χ3v) is 4.24. The molecule has 0 bridgehead atoms. The molecule has 1 aliphatic heterocycles. The van der Waals surface area contributed by atoms with E-state index in [2.05, 4.69) is 9.80 Å².